The van der Waals surface area contributed by atoms with Gasteiger partial charge in [-0.2, -0.15) is 0 Å². The lowest BCUT2D eigenvalue weighted by atomic mass is 9.47. The quantitative estimate of drug-likeness (QED) is 0.336. The molecule has 8 atom stereocenters. The fourth-order valence-electron chi connectivity index (χ4n) is 8.17. The van der Waals surface area contributed by atoms with E-state index in [1.54, 1.807) is 5.57 Å². The summed E-state index contributed by atoms with van der Waals surface area (Å²) in [7, 11) is 0. The molecule has 0 radical (unpaired) electrons. The molecule has 0 spiro atoms. The van der Waals surface area contributed by atoms with Gasteiger partial charge in [0.05, 0.1) is 12.7 Å². The van der Waals surface area contributed by atoms with Crippen molar-refractivity contribution in [1.82, 2.24) is 0 Å². The minimum absolute atomic E-state index is 0.205. The second kappa shape index (κ2) is 8.13. The number of fused-ring (bicyclic) bond motifs is 5. The highest BCUT2D eigenvalue weighted by Crippen LogP contribution is 2.67. The number of ketones is 1. The Balaban J connectivity index is 1.35. The first-order chi connectivity index (χ1) is 14.8. The van der Waals surface area contributed by atoms with Crippen molar-refractivity contribution in [3.8, 4) is 0 Å². The van der Waals surface area contributed by atoms with E-state index in [0.717, 1.165) is 25.2 Å². The maximum absolute atomic E-state index is 12.4. The second-order valence-corrected chi connectivity index (χ2v) is 12.3. The number of allylic oxidation sites excluding steroid dienone is 1. The highest BCUT2D eigenvalue weighted by atomic mass is 79.9. The molecule has 3 fully saturated rings. The van der Waals surface area contributed by atoms with Gasteiger partial charge < -0.3 is 4.74 Å². The number of halogens is 1. The number of ether oxygens (including phenoxy) is 1. The van der Waals surface area contributed by atoms with E-state index in [1.165, 1.54) is 31.2 Å². The molecule has 4 aliphatic carbocycles. The Kier molecular flexibility index (Phi) is 5.74. The predicted molar refractivity (Wildman–Crippen MR) is 129 cm³/mol. The van der Waals surface area contributed by atoms with Crippen LogP contribution in [0.25, 0.3) is 0 Å². The predicted octanol–water partition coefficient (Wildman–Crippen LogP) is 7.11. The van der Waals surface area contributed by atoms with Gasteiger partial charge in [-0.3, -0.25) is 4.79 Å². The van der Waals surface area contributed by atoms with E-state index in [2.05, 4.69) is 66.2 Å². The molecule has 0 bridgehead atoms. The lowest BCUT2D eigenvalue weighted by Gasteiger charge is -2.59. The Morgan fingerprint density at radius 3 is 2.58 bits per heavy atom. The molecule has 0 saturated heterocycles. The van der Waals surface area contributed by atoms with Crippen molar-refractivity contribution in [2.24, 2.45) is 34.5 Å². The van der Waals surface area contributed by atoms with Crippen LogP contribution < -0.4 is 0 Å². The zero-order valence-electron chi connectivity index (χ0n) is 19.3. The van der Waals surface area contributed by atoms with Crippen molar-refractivity contribution in [3.63, 3.8) is 0 Å². The van der Waals surface area contributed by atoms with Gasteiger partial charge in [0.25, 0.3) is 0 Å². The molecule has 3 saturated carbocycles. The van der Waals surface area contributed by atoms with E-state index in [4.69, 9.17) is 4.74 Å². The van der Waals surface area contributed by atoms with Crippen LogP contribution in [0.5, 0.6) is 0 Å². The van der Waals surface area contributed by atoms with E-state index in [1.807, 2.05) is 6.92 Å². The molecule has 1 aromatic carbocycles. The number of rotatable bonds is 4. The molecule has 0 heterocycles. The first-order valence-electron chi connectivity index (χ1n) is 12.3. The van der Waals surface area contributed by atoms with Gasteiger partial charge >= 0.3 is 0 Å². The van der Waals surface area contributed by atoms with Crippen molar-refractivity contribution in [1.29, 1.82) is 0 Å². The van der Waals surface area contributed by atoms with Gasteiger partial charge in [0, 0.05) is 10.7 Å². The number of benzene rings is 1. The molecule has 0 aromatic heterocycles. The Hall–Kier alpha value is -0.930. The zero-order chi connectivity index (χ0) is 21.8. The summed E-state index contributed by atoms with van der Waals surface area (Å²) in [6.45, 7) is 7.52. The first-order valence-corrected chi connectivity index (χ1v) is 13.3. The molecule has 2 nitrogen and oxygen atoms in total. The summed E-state index contributed by atoms with van der Waals surface area (Å²) < 4.78 is 6.37. The van der Waals surface area contributed by atoms with E-state index in [0.29, 0.717) is 40.6 Å². The van der Waals surface area contributed by atoms with E-state index < -0.39 is 0 Å². The third-order valence-electron chi connectivity index (χ3n) is 9.87. The molecule has 0 amide bonds. The fourth-order valence-corrected chi connectivity index (χ4v) is 9.22. The molecule has 1 aromatic rings. The summed E-state index contributed by atoms with van der Waals surface area (Å²) in [6, 6.07) is 10.5. The SMILES string of the molecule is CC(=O)[C@H]1CC[C@H]2[C@@H]3[C@H](Br)C=C4C[C@@H](OCc5ccccc5)CC[C@]4(C)[C@H]3CC[C@]12C. The normalized spacial score (nSPS) is 44.1. The Morgan fingerprint density at radius 1 is 1.06 bits per heavy atom. The third kappa shape index (κ3) is 3.59. The fraction of sp³-hybridized carbons (Fsp3) is 0.679. The number of carbonyl (C=O) groups is 1. The van der Waals surface area contributed by atoms with Crippen LogP contribution in [0.3, 0.4) is 0 Å². The van der Waals surface area contributed by atoms with Crippen LogP contribution in [0.4, 0.5) is 0 Å². The molecule has 3 heteroatoms. The molecule has 0 unspecified atom stereocenters. The van der Waals surface area contributed by atoms with E-state index in [-0.39, 0.29) is 11.3 Å². The minimum Gasteiger partial charge on any atom is -0.373 e. The molecule has 168 valence electrons. The molecule has 31 heavy (non-hydrogen) atoms. The Bertz CT molecular complexity index is 863. The Labute approximate surface area is 196 Å². The average molecular weight is 486 g/mol. The van der Waals surface area contributed by atoms with Crippen molar-refractivity contribution in [2.75, 3.05) is 0 Å². The first kappa shape index (κ1) is 21.9. The topological polar surface area (TPSA) is 26.3 Å². The number of Topliss-reactive ketones (excluding diaryl/α,β-unsaturated/α-hetero) is 1. The lowest BCUT2D eigenvalue weighted by molar-refractivity contribution is -0.127. The average Bonchev–Trinajstić information content (AvgIpc) is 3.11. The van der Waals surface area contributed by atoms with Crippen LogP contribution in [0.1, 0.15) is 71.3 Å². The summed E-state index contributed by atoms with van der Waals surface area (Å²) >= 11 is 4.13. The second-order valence-electron chi connectivity index (χ2n) is 11.3. The van der Waals surface area contributed by atoms with Gasteiger partial charge in [0.15, 0.2) is 0 Å². The van der Waals surface area contributed by atoms with Crippen molar-refractivity contribution in [3.05, 3.63) is 47.5 Å². The van der Waals surface area contributed by atoms with Gasteiger partial charge in [0.1, 0.15) is 5.78 Å². The maximum Gasteiger partial charge on any atom is 0.133 e. The van der Waals surface area contributed by atoms with Crippen LogP contribution in [-0.2, 0) is 16.1 Å². The van der Waals surface area contributed by atoms with Crippen LogP contribution in [0, 0.1) is 34.5 Å². The van der Waals surface area contributed by atoms with Gasteiger partial charge in [-0.25, -0.2) is 0 Å². The summed E-state index contributed by atoms with van der Waals surface area (Å²) in [4.78, 5) is 12.8. The van der Waals surface area contributed by atoms with Crippen molar-refractivity contribution in [2.45, 2.75) is 83.3 Å². The van der Waals surface area contributed by atoms with Gasteiger partial charge in [-0.05, 0) is 86.0 Å². The highest BCUT2D eigenvalue weighted by Gasteiger charge is 2.61. The zero-order valence-corrected chi connectivity index (χ0v) is 20.9. The standard InChI is InChI=1S/C28H37BrO2/c1-18(30)22-9-10-23-26-24(12-14-28(22,23)3)27(2)13-11-21(15-20(27)16-25(26)29)31-17-19-7-5-4-6-8-19/h4-8,16,21-26H,9-15,17H2,1-3H3/t21-,22+,23-,24-,25+,26-,27-,28+/m0/s1. The van der Waals surface area contributed by atoms with Gasteiger partial charge in [-0.1, -0.05) is 71.8 Å². The number of alkyl halides is 1. The number of hydrogen-bond acceptors (Lipinski definition) is 2. The van der Waals surface area contributed by atoms with E-state index >= 15 is 0 Å². The summed E-state index contributed by atoms with van der Waals surface area (Å²) in [5, 5.41) is 0. The van der Waals surface area contributed by atoms with Crippen molar-refractivity contribution >= 4 is 21.7 Å². The molecule has 4 aliphatic rings. The molecular formula is C28H37BrO2. The van der Waals surface area contributed by atoms with Gasteiger partial charge in [0.2, 0.25) is 0 Å². The van der Waals surface area contributed by atoms with Crippen LogP contribution in [0.2, 0.25) is 0 Å². The van der Waals surface area contributed by atoms with Crippen molar-refractivity contribution < 1.29 is 9.53 Å². The molecule has 0 aliphatic heterocycles. The summed E-state index contributed by atoms with van der Waals surface area (Å²) in [5.74, 6) is 2.77. The third-order valence-corrected chi connectivity index (χ3v) is 10.7. The lowest BCUT2D eigenvalue weighted by Crippen LogP contribution is -2.54. The number of carbonyl (C=O) groups excluding carboxylic acids is 1. The summed E-state index contributed by atoms with van der Waals surface area (Å²) in [5.41, 5.74) is 3.40. The summed E-state index contributed by atoms with van der Waals surface area (Å²) in [6.07, 6.45) is 11.2. The Morgan fingerprint density at radius 2 is 1.84 bits per heavy atom. The monoisotopic (exact) mass is 484 g/mol. The minimum atomic E-state index is 0.205. The highest BCUT2D eigenvalue weighted by molar-refractivity contribution is 9.09. The molecular weight excluding hydrogens is 448 g/mol. The van der Waals surface area contributed by atoms with Crippen LogP contribution in [0.15, 0.2) is 42.0 Å². The largest absolute Gasteiger partial charge is 0.373 e. The van der Waals surface area contributed by atoms with E-state index in [9.17, 15) is 4.79 Å². The van der Waals surface area contributed by atoms with Gasteiger partial charge in [-0.15, -0.1) is 0 Å². The van der Waals surface area contributed by atoms with Crippen LogP contribution in [-0.4, -0.2) is 16.7 Å². The number of hydrogen-bond donors (Lipinski definition) is 0. The molecule has 5 rings (SSSR count). The maximum atomic E-state index is 12.4. The molecule has 0 N–H and O–H groups in total. The smallest absolute Gasteiger partial charge is 0.133 e. The van der Waals surface area contributed by atoms with Crippen LogP contribution >= 0.6 is 15.9 Å².